The Balaban J connectivity index is 2.76. The molecule has 0 bridgehead atoms. The predicted octanol–water partition coefficient (Wildman–Crippen LogP) is 6.18. The molecule has 0 spiro atoms. The van der Waals surface area contributed by atoms with Gasteiger partial charge in [0.1, 0.15) is 0 Å². The van der Waals surface area contributed by atoms with Gasteiger partial charge in [0.15, 0.2) is 11.1 Å². The van der Waals surface area contributed by atoms with E-state index in [1.54, 1.807) is 0 Å². The lowest BCUT2D eigenvalue weighted by Gasteiger charge is -2.39. The Hall–Kier alpha value is -0.710. The second kappa shape index (κ2) is 10.7. The van der Waals surface area contributed by atoms with E-state index in [2.05, 4.69) is 33.8 Å². The maximum absolute atomic E-state index is 11.3. The molecule has 2 N–H and O–H groups in total. The van der Waals surface area contributed by atoms with Gasteiger partial charge in [0.2, 0.25) is 0 Å². The molecule has 0 aromatic rings. The van der Waals surface area contributed by atoms with Crippen molar-refractivity contribution in [1.82, 2.24) is 0 Å². The SMILES string of the molecule is CCC(/C=C(\C)CC/C=C(\C)C(O)C(C)C1=C(C)CCCC1(C)C)S(=O)O. The van der Waals surface area contributed by atoms with Crippen LogP contribution in [-0.4, -0.2) is 25.2 Å². The van der Waals surface area contributed by atoms with E-state index in [1.165, 1.54) is 24.0 Å². The Morgan fingerprint density at radius 3 is 2.48 bits per heavy atom. The third-order valence-electron chi connectivity index (χ3n) is 6.07. The third kappa shape index (κ3) is 6.99. The summed E-state index contributed by atoms with van der Waals surface area (Å²) in [7, 11) is 0. The van der Waals surface area contributed by atoms with E-state index >= 15 is 0 Å². The molecule has 0 aromatic carbocycles. The predicted molar refractivity (Wildman–Crippen MR) is 117 cm³/mol. The molecule has 4 heteroatoms. The normalized spacial score (nSPS) is 23.1. The van der Waals surface area contributed by atoms with Gasteiger partial charge in [-0.15, -0.1) is 0 Å². The van der Waals surface area contributed by atoms with Gasteiger partial charge < -0.3 is 9.66 Å². The van der Waals surface area contributed by atoms with Crippen LogP contribution in [0.2, 0.25) is 0 Å². The van der Waals surface area contributed by atoms with Crippen LogP contribution in [0.15, 0.2) is 34.4 Å². The molecule has 3 nitrogen and oxygen atoms in total. The molecule has 156 valence electrons. The molecule has 0 aliphatic heterocycles. The van der Waals surface area contributed by atoms with E-state index in [0.717, 1.165) is 30.4 Å². The summed E-state index contributed by atoms with van der Waals surface area (Å²) in [6.07, 6.45) is 9.51. The van der Waals surface area contributed by atoms with E-state index in [4.69, 9.17) is 0 Å². The van der Waals surface area contributed by atoms with Crippen LogP contribution in [0.3, 0.4) is 0 Å². The maximum atomic E-state index is 11.3. The van der Waals surface area contributed by atoms with Gasteiger partial charge in [-0.3, -0.25) is 0 Å². The van der Waals surface area contributed by atoms with Gasteiger partial charge in [0.05, 0.1) is 11.4 Å². The molecular formula is C23H40O3S. The first-order chi connectivity index (χ1) is 12.5. The highest BCUT2D eigenvalue weighted by Crippen LogP contribution is 2.45. The topological polar surface area (TPSA) is 57.5 Å². The first-order valence-electron chi connectivity index (χ1n) is 10.3. The van der Waals surface area contributed by atoms with Gasteiger partial charge >= 0.3 is 0 Å². The van der Waals surface area contributed by atoms with Crippen LogP contribution in [0.1, 0.15) is 87.0 Å². The second-order valence-corrected chi connectivity index (χ2v) is 10.0. The summed E-state index contributed by atoms with van der Waals surface area (Å²) < 4.78 is 20.5. The number of allylic oxidation sites excluding steroid dienone is 3. The van der Waals surface area contributed by atoms with E-state index in [0.29, 0.717) is 6.42 Å². The van der Waals surface area contributed by atoms with Crippen molar-refractivity contribution in [2.45, 2.75) is 98.3 Å². The average molecular weight is 397 g/mol. The molecule has 27 heavy (non-hydrogen) atoms. The van der Waals surface area contributed by atoms with Gasteiger partial charge in [-0.2, -0.15) is 0 Å². The minimum absolute atomic E-state index is 0.134. The van der Waals surface area contributed by atoms with Crippen LogP contribution in [-0.2, 0) is 11.1 Å². The van der Waals surface area contributed by atoms with Gasteiger partial charge in [0, 0.05) is 5.92 Å². The van der Waals surface area contributed by atoms with Crippen molar-refractivity contribution >= 4 is 11.1 Å². The molecule has 0 saturated heterocycles. The highest BCUT2D eigenvalue weighted by molar-refractivity contribution is 7.80. The molecule has 1 aliphatic carbocycles. The molecule has 4 unspecified atom stereocenters. The Morgan fingerprint density at radius 2 is 1.96 bits per heavy atom. The minimum Gasteiger partial charge on any atom is -0.388 e. The zero-order valence-corrected chi connectivity index (χ0v) is 19.2. The van der Waals surface area contributed by atoms with Crippen LogP contribution in [0, 0.1) is 11.3 Å². The Morgan fingerprint density at radius 1 is 1.33 bits per heavy atom. The quantitative estimate of drug-likeness (QED) is 0.361. The standard InChI is InChI=1S/C23H40O3S/c1-8-20(27(25)26)15-16(2)11-9-12-18(4)22(24)19(5)21-17(3)13-10-14-23(21,6)7/h12,15,19-20,22,24H,8-11,13-14H2,1-7H3,(H,25,26)/b16-15+,18-12+. The van der Waals surface area contributed by atoms with Gasteiger partial charge in [0.25, 0.3) is 0 Å². The van der Waals surface area contributed by atoms with Crippen molar-refractivity contribution in [3.63, 3.8) is 0 Å². The molecule has 1 rings (SSSR count). The highest BCUT2D eigenvalue weighted by atomic mass is 32.2. The molecule has 0 aromatic heterocycles. The van der Waals surface area contributed by atoms with Crippen LogP contribution in [0.25, 0.3) is 0 Å². The molecule has 0 amide bonds. The molecule has 0 radical (unpaired) electrons. The molecule has 1 aliphatic rings. The Labute approximate surface area is 169 Å². The number of rotatable bonds is 9. The van der Waals surface area contributed by atoms with Crippen LogP contribution in [0.5, 0.6) is 0 Å². The molecule has 0 fully saturated rings. The third-order valence-corrected chi connectivity index (χ3v) is 7.06. The summed E-state index contributed by atoms with van der Waals surface area (Å²) >= 11 is -1.80. The Bertz CT molecular complexity index is 613. The van der Waals surface area contributed by atoms with Crippen LogP contribution < -0.4 is 0 Å². The first kappa shape index (κ1) is 24.3. The van der Waals surface area contributed by atoms with Crippen molar-refractivity contribution in [2.24, 2.45) is 11.3 Å². The van der Waals surface area contributed by atoms with Crippen molar-refractivity contribution in [1.29, 1.82) is 0 Å². The number of aliphatic hydroxyl groups is 1. The Kier molecular flexibility index (Phi) is 9.67. The summed E-state index contributed by atoms with van der Waals surface area (Å²) in [5.41, 5.74) is 5.20. The lowest BCUT2D eigenvalue weighted by atomic mass is 9.67. The van der Waals surface area contributed by atoms with Gasteiger partial charge in [-0.25, -0.2) is 4.21 Å². The fraction of sp³-hybridized carbons (Fsp3) is 0.739. The molecule has 0 saturated carbocycles. The summed E-state index contributed by atoms with van der Waals surface area (Å²) in [6.45, 7) is 14.9. The van der Waals surface area contributed by atoms with E-state index in [-0.39, 0.29) is 16.6 Å². The zero-order valence-electron chi connectivity index (χ0n) is 18.3. The van der Waals surface area contributed by atoms with Crippen LogP contribution >= 0.6 is 0 Å². The lowest BCUT2D eigenvalue weighted by molar-refractivity contribution is 0.148. The molecule has 0 heterocycles. The van der Waals surface area contributed by atoms with Crippen molar-refractivity contribution in [3.8, 4) is 0 Å². The lowest BCUT2D eigenvalue weighted by Crippen LogP contribution is -2.31. The number of hydrogen-bond donors (Lipinski definition) is 2. The number of hydrogen-bond acceptors (Lipinski definition) is 2. The summed E-state index contributed by atoms with van der Waals surface area (Å²) in [4.78, 5) is 0. The molecule has 4 atom stereocenters. The van der Waals surface area contributed by atoms with Crippen molar-refractivity contribution in [3.05, 3.63) is 34.4 Å². The summed E-state index contributed by atoms with van der Waals surface area (Å²) in [5.74, 6) is 0.134. The first-order valence-corrected chi connectivity index (χ1v) is 11.5. The minimum atomic E-state index is -1.80. The fourth-order valence-electron chi connectivity index (χ4n) is 4.57. The molecular weight excluding hydrogens is 356 g/mol. The fourth-order valence-corrected chi connectivity index (χ4v) is 5.20. The van der Waals surface area contributed by atoms with Gasteiger partial charge in [-0.1, -0.05) is 56.6 Å². The van der Waals surface area contributed by atoms with Crippen molar-refractivity contribution in [2.75, 3.05) is 0 Å². The smallest absolute Gasteiger partial charge is 0.159 e. The van der Waals surface area contributed by atoms with Crippen molar-refractivity contribution < 1.29 is 13.9 Å². The number of aliphatic hydroxyl groups excluding tert-OH is 1. The van der Waals surface area contributed by atoms with Crippen LogP contribution in [0.4, 0.5) is 0 Å². The highest BCUT2D eigenvalue weighted by Gasteiger charge is 2.34. The van der Waals surface area contributed by atoms with E-state index in [9.17, 15) is 13.9 Å². The largest absolute Gasteiger partial charge is 0.388 e. The van der Waals surface area contributed by atoms with Gasteiger partial charge in [-0.05, 0) is 70.3 Å². The summed E-state index contributed by atoms with van der Waals surface area (Å²) in [5, 5.41) is 10.6. The van der Waals surface area contributed by atoms with E-state index in [1.807, 2.05) is 26.8 Å². The average Bonchev–Trinajstić information content (AvgIpc) is 2.57. The second-order valence-electron chi connectivity index (χ2n) is 8.89. The van der Waals surface area contributed by atoms with E-state index < -0.39 is 17.2 Å². The maximum Gasteiger partial charge on any atom is 0.159 e. The zero-order chi connectivity index (χ0) is 20.8. The monoisotopic (exact) mass is 396 g/mol. The summed E-state index contributed by atoms with van der Waals surface area (Å²) in [6, 6.07) is 0.